The number of nitrogens with one attached hydrogen (secondary N) is 1. The van der Waals surface area contributed by atoms with Crippen molar-refractivity contribution in [3.05, 3.63) is 95.1 Å². The minimum atomic E-state index is -4.33. The molecule has 0 spiro atoms. The van der Waals surface area contributed by atoms with E-state index in [4.69, 9.17) is 5.73 Å². The van der Waals surface area contributed by atoms with E-state index in [-0.39, 0.29) is 12.1 Å². The number of fused-ring (bicyclic) bond motifs is 1. The van der Waals surface area contributed by atoms with E-state index in [1.807, 2.05) is 30.3 Å². The molecule has 0 aliphatic heterocycles. The van der Waals surface area contributed by atoms with E-state index >= 15 is 0 Å². The Balaban J connectivity index is 1.27. The first kappa shape index (κ1) is 19.3. The van der Waals surface area contributed by atoms with Crippen LogP contribution in [0.25, 0.3) is 11.1 Å². The van der Waals surface area contributed by atoms with Crippen LogP contribution in [0.1, 0.15) is 53.1 Å². The zero-order valence-electron chi connectivity index (χ0n) is 16.4. The summed E-state index contributed by atoms with van der Waals surface area (Å²) in [4.78, 5) is 0. The Morgan fingerprint density at radius 3 is 2.27 bits per heavy atom. The number of nitrogens with two attached hydrogens (primary N) is 1. The van der Waals surface area contributed by atoms with E-state index in [0.29, 0.717) is 17.5 Å². The third-order valence-corrected chi connectivity index (χ3v) is 6.33. The lowest BCUT2D eigenvalue weighted by atomic mass is 10.00. The Labute approximate surface area is 173 Å². The topological polar surface area (TPSA) is 38.0 Å². The molecule has 5 heteroatoms. The van der Waals surface area contributed by atoms with Crippen LogP contribution in [-0.4, -0.2) is 6.04 Å². The van der Waals surface area contributed by atoms with Gasteiger partial charge in [-0.3, -0.25) is 0 Å². The zero-order chi connectivity index (χ0) is 20.9. The van der Waals surface area contributed by atoms with Crippen LogP contribution in [0.2, 0.25) is 0 Å². The molecule has 0 aromatic heterocycles. The van der Waals surface area contributed by atoms with Gasteiger partial charge < -0.3 is 11.1 Å². The maximum absolute atomic E-state index is 13.0. The fourth-order valence-corrected chi connectivity index (χ4v) is 4.64. The molecular weight excluding hydrogens is 385 g/mol. The molecule has 5 rings (SSSR count). The molecule has 30 heavy (non-hydrogen) atoms. The van der Waals surface area contributed by atoms with Crippen LogP contribution in [0.15, 0.2) is 72.8 Å². The van der Waals surface area contributed by atoms with Gasteiger partial charge in [0.25, 0.3) is 0 Å². The summed E-state index contributed by atoms with van der Waals surface area (Å²) >= 11 is 0. The van der Waals surface area contributed by atoms with Crippen LogP contribution in [0.3, 0.4) is 0 Å². The van der Waals surface area contributed by atoms with Gasteiger partial charge in [0.2, 0.25) is 0 Å². The second-order valence-electron chi connectivity index (χ2n) is 8.34. The van der Waals surface area contributed by atoms with Gasteiger partial charge in [-0.1, -0.05) is 60.7 Å². The largest absolute Gasteiger partial charge is 0.416 e. The van der Waals surface area contributed by atoms with Gasteiger partial charge in [0, 0.05) is 24.0 Å². The standard InChI is InChI=1S/C25H23F3N2/c26-25(27,28)18-5-3-4-17(12-18)15-8-10-16(11-9-15)21-13-23(21)30-24-14-22(29)19-6-1-2-7-20(19)24/h1-12,21-24,30H,13-14,29H2/t21-,22?,23+,24?/m1/s1. The minimum Gasteiger partial charge on any atom is -0.324 e. The van der Waals surface area contributed by atoms with Crippen molar-refractivity contribution in [3.8, 4) is 11.1 Å². The van der Waals surface area contributed by atoms with E-state index in [1.54, 1.807) is 6.07 Å². The predicted octanol–water partition coefficient (Wildman–Crippen LogP) is 5.96. The number of rotatable bonds is 4. The van der Waals surface area contributed by atoms with Crippen LogP contribution in [0, 0.1) is 0 Å². The van der Waals surface area contributed by atoms with Gasteiger partial charge in [0.15, 0.2) is 0 Å². The maximum Gasteiger partial charge on any atom is 0.416 e. The molecule has 2 aliphatic carbocycles. The monoisotopic (exact) mass is 408 g/mol. The summed E-state index contributed by atoms with van der Waals surface area (Å²) < 4.78 is 38.9. The first-order chi connectivity index (χ1) is 14.4. The highest BCUT2D eigenvalue weighted by atomic mass is 19.4. The van der Waals surface area contributed by atoms with Gasteiger partial charge >= 0.3 is 6.18 Å². The molecule has 3 aromatic carbocycles. The molecule has 0 saturated heterocycles. The number of halogens is 3. The van der Waals surface area contributed by atoms with Crippen LogP contribution < -0.4 is 11.1 Å². The van der Waals surface area contributed by atoms with Crippen molar-refractivity contribution in [2.75, 3.05) is 0 Å². The smallest absolute Gasteiger partial charge is 0.324 e. The average Bonchev–Trinajstić information content (AvgIpc) is 3.44. The summed E-state index contributed by atoms with van der Waals surface area (Å²) in [5.41, 5.74) is 10.8. The Morgan fingerprint density at radius 1 is 0.800 bits per heavy atom. The van der Waals surface area contributed by atoms with Crippen LogP contribution in [0.4, 0.5) is 13.2 Å². The van der Waals surface area contributed by atoms with E-state index in [1.165, 1.54) is 28.8 Å². The molecule has 2 unspecified atom stereocenters. The molecule has 1 fully saturated rings. The first-order valence-corrected chi connectivity index (χ1v) is 10.3. The van der Waals surface area contributed by atoms with Crippen molar-refractivity contribution in [2.24, 2.45) is 5.73 Å². The third-order valence-electron chi connectivity index (χ3n) is 6.33. The number of hydrogen-bond acceptors (Lipinski definition) is 2. The summed E-state index contributed by atoms with van der Waals surface area (Å²) in [7, 11) is 0. The van der Waals surface area contributed by atoms with E-state index in [2.05, 4.69) is 23.5 Å². The Bertz CT molecular complexity index is 1060. The lowest BCUT2D eigenvalue weighted by Crippen LogP contribution is -2.23. The van der Waals surface area contributed by atoms with Gasteiger partial charge in [0.05, 0.1) is 5.56 Å². The van der Waals surface area contributed by atoms with Gasteiger partial charge in [-0.05, 0) is 52.8 Å². The quantitative estimate of drug-likeness (QED) is 0.559. The van der Waals surface area contributed by atoms with Gasteiger partial charge in [-0.2, -0.15) is 13.2 Å². The summed E-state index contributed by atoms with van der Waals surface area (Å²) in [6, 6.07) is 22.5. The lowest BCUT2D eigenvalue weighted by molar-refractivity contribution is -0.137. The molecule has 3 N–H and O–H groups in total. The Morgan fingerprint density at radius 2 is 1.53 bits per heavy atom. The van der Waals surface area contributed by atoms with Crippen LogP contribution in [-0.2, 0) is 6.18 Å². The van der Waals surface area contributed by atoms with E-state index in [9.17, 15) is 13.2 Å². The zero-order valence-corrected chi connectivity index (χ0v) is 16.4. The fraction of sp³-hybridized carbons (Fsp3) is 0.280. The highest BCUT2D eigenvalue weighted by Crippen LogP contribution is 2.45. The van der Waals surface area contributed by atoms with Crippen molar-refractivity contribution in [1.29, 1.82) is 0 Å². The molecule has 0 amide bonds. The van der Waals surface area contributed by atoms with Crippen molar-refractivity contribution in [2.45, 2.75) is 43.1 Å². The van der Waals surface area contributed by atoms with Gasteiger partial charge in [-0.15, -0.1) is 0 Å². The fourth-order valence-electron chi connectivity index (χ4n) is 4.64. The molecular formula is C25H23F3N2. The molecule has 4 atom stereocenters. The van der Waals surface area contributed by atoms with Crippen molar-refractivity contribution in [3.63, 3.8) is 0 Å². The number of benzene rings is 3. The third kappa shape index (κ3) is 3.64. The van der Waals surface area contributed by atoms with Crippen LogP contribution in [0.5, 0.6) is 0 Å². The first-order valence-electron chi connectivity index (χ1n) is 10.3. The number of alkyl halides is 3. The van der Waals surface area contributed by atoms with Crippen molar-refractivity contribution in [1.82, 2.24) is 5.32 Å². The summed E-state index contributed by atoms with van der Waals surface area (Å²) in [5, 5.41) is 3.75. The molecule has 154 valence electrons. The second-order valence-corrected chi connectivity index (χ2v) is 8.34. The lowest BCUT2D eigenvalue weighted by Gasteiger charge is -2.14. The summed E-state index contributed by atoms with van der Waals surface area (Å²) in [6.45, 7) is 0. The summed E-state index contributed by atoms with van der Waals surface area (Å²) in [5.74, 6) is 0.435. The molecule has 0 heterocycles. The van der Waals surface area contributed by atoms with Crippen molar-refractivity contribution < 1.29 is 13.2 Å². The second kappa shape index (κ2) is 7.25. The minimum absolute atomic E-state index is 0.0858. The van der Waals surface area contributed by atoms with E-state index in [0.717, 1.165) is 24.5 Å². The van der Waals surface area contributed by atoms with Gasteiger partial charge in [-0.25, -0.2) is 0 Å². The molecule has 3 aromatic rings. The maximum atomic E-state index is 13.0. The molecule has 1 saturated carbocycles. The van der Waals surface area contributed by atoms with Crippen molar-refractivity contribution >= 4 is 0 Å². The summed E-state index contributed by atoms with van der Waals surface area (Å²) in [6.07, 6.45) is -2.35. The highest BCUT2D eigenvalue weighted by Gasteiger charge is 2.41. The normalized spacial score (nSPS) is 25.2. The van der Waals surface area contributed by atoms with Gasteiger partial charge in [0.1, 0.15) is 0 Å². The Kier molecular flexibility index (Phi) is 4.68. The molecule has 0 bridgehead atoms. The van der Waals surface area contributed by atoms with E-state index < -0.39 is 11.7 Å². The predicted molar refractivity (Wildman–Crippen MR) is 112 cm³/mol. The SMILES string of the molecule is NC1CC(N[C@H]2C[C@@H]2c2ccc(-c3cccc(C(F)(F)F)c3)cc2)c2ccccc21. The molecule has 0 radical (unpaired) electrons. The molecule has 2 nitrogen and oxygen atoms in total. The van der Waals surface area contributed by atoms with Crippen LogP contribution >= 0.6 is 0 Å². The highest BCUT2D eigenvalue weighted by molar-refractivity contribution is 5.65. The average molecular weight is 408 g/mol. The molecule has 2 aliphatic rings. The Hall–Kier alpha value is -2.63. The number of hydrogen-bond donors (Lipinski definition) is 2.